The predicted octanol–water partition coefficient (Wildman–Crippen LogP) is 0.415. The maximum Gasteiger partial charge on any atom is 0.239 e. The van der Waals surface area contributed by atoms with Crippen molar-refractivity contribution >= 4 is 5.95 Å². The summed E-state index contributed by atoms with van der Waals surface area (Å²) in [6, 6.07) is 2.22. The van der Waals surface area contributed by atoms with Crippen LogP contribution >= 0.6 is 0 Å². The molecule has 2 N–H and O–H groups in total. The summed E-state index contributed by atoms with van der Waals surface area (Å²) >= 11 is 0. The molecule has 5 heteroatoms. The first-order valence-electron chi connectivity index (χ1n) is 5.57. The number of nitrogens with zero attached hydrogens (tertiary/aromatic N) is 3. The van der Waals surface area contributed by atoms with E-state index in [1.165, 1.54) is 0 Å². The number of anilines is 1. The number of rotatable bonds is 3. The smallest absolute Gasteiger partial charge is 0.239 e. The van der Waals surface area contributed by atoms with E-state index in [0.29, 0.717) is 12.0 Å². The Hall–Kier alpha value is -1.20. The third-order valence-corrected chi connectivity index (χ3v) is 3.07. The Balaban J connectivity index is 2.00. The summed E-state index contributed by atoms with van der Waals surface area (Å²) in [5.74, 6) is 0.699. The van der Waals surface area contributed by atoms with Crippen LogP contribution in [0.2, 0.25) is 0 Å². The van der Waals surface area contributed by atoms with Gasteiger partial charge in [-0.2, -0.15) is 0 Å². The molecule has 0 amide bonds. The second-order valence-corrected chi connectivity index (χ2v) is 4.91. The first kappa shape index (κ1) is 11.3. The number of aromatic nitrogens is 2. The van der Waals surface area contributed by atoms with E-state index in [2.05, 4.69) is 34.6 Å². The van der Waals surface area contributed by atoms with Gasteiger partial charge in [0.05, 0.1) is 0 Å². The third-order valence-electron chi connectivity index (χ3n) is 3.07. The van der Waals surface area contributed by atoms with E-state index in [1.54, 1.807) is 12.4 Å². The highest BCUT2D eigenvalue weighted by Gasteiger charge is 2.35. The molecular formula is C11H19N5. The topological polar surface area (TPSA) is 53.1 Å². The summed E-state index contributed by atoms with van der Waals surface area (Å²) in [6.07, 6.45) is 3.50. The molecule has 1 aromatic rings. The van der Waals surface area contributed by atoms with Crippen molar-refractivity contribution < 1.29 is 0 Å². The van der Waals surface area contributed by atoms with Crippen LogP contribution in [0.3, 0.4) is 0 Å². The van der Waals surface area contributed by atoms with Crippen molar-refractivity contribution in [3.63, 3.8) is 0 Å². The van der Waals surface area contributed by atoms with Crippen molar-refractivity contribution in [2.75, 3.05) is 25.1 Å². The highest BCUT2D eigenvalue weighted by Crippen LogP contribution is 2.24. The second-order valence-electron chi connectivity index (χ2n) is 4.91. The lowest BCUT2D eigenvalue weighted by Crippen LogP contribution is -2.50. The summed E-state index contributed by atoms with van der Waals surface area (Å²) in [4.78, 5) is 8.40. The minimum atomic E-state index is 0.253. The molecule has 0 bridgehead atoms. The summed E-state index contributed by atoms with van der Waals surface area (Å²) in [7, 11) is 1.95. The molecular weight excluding hydrogens is 202 g/mol. The molecule has 1 saturated heterocycles. The van der Waals surface area contributed by atoms with Crippen molar-refractivity contribution in [3.8, 4) is 0 Å². The fourth-order valence-electron chi connectivity index (χ4n) is 1.91. The molecule has 0 aliphatic carbocycles. The molecule has 0 radical (unpaired) electrons. The average Bonchev–Trinajstić information content (AvgIpc) is 2.59. The molecule has 2 heterocycles. The molecule has 1 fully saturated rings. The van der Waals surface area contributed by atoms with E-state index in [9.17, 15) is 0 Å². The van der Waals surface area contributed by atoms with Crippen molar-refractivity contribution in [2.45, 2.75) is 19.9 Å². The van der Waals surface area contributed by atoms with Gasteiger partial charge < -0.3 is 5.32 Å². The highest BCUT2D eigenvalue weighted by molar-refractivity contribution is 5.24. The minimum Gasteiger partial charge on any atom is -0.314 e. The molecule has 88 valence electrons. The largest absolute Gasteiger partial charge is 0.314 e. The van der Waals surface area contributed by atoms with E-state index in [4.69, 9.17) is 0 Å². The van der Waals surface area contributed by atoms with Crippen LogP contribution in [0.5, 0.6) is 0 Å². The molecule has 0 saturated carbocycles. The van der Waals surface area contributed by atoms with Crippen LogP contribution in [0, 0.1) is 5.41 Å². The Bertz CT molecular complexity index is 337. The van der Waals surface area contributed by atoms with Gasteiger partial charge in [0.15, 0.2) is 0 Å². The highest BCUT2D eigenvalue weighted by atomic mass is 15.5. The van der Waals surface area contributed by atoms with Gasteiger partial charge in [-0.1, -0.05) is 13.8 Å². The van der Waals surface area contributed by atoms with Gasteiger partial charge >= 0.3 is 0 Å². The molecule has 2 rings (SSSR count). The zero-order valence-electron chi connectivity index (χ0n) is 10.1. The predicted molar refractivity (Wildman–Crippen MR) is 64.0 cm³/mol. The van der Waals surface area contributed by atoms with Crippen LogP contribution in [0.1, 0.15) is 13.8 Å². The molecule has 1 aliphatic heterocycles. The van der Waals surface area contributed by atoms with E-state index in [-0.39, 0.29) is 5.41 Å². The van der Waals surface area contributed by atoms with Crippen LogP contribution in [0.15, 0.2) is 18.5 Å². The quantitative estimate of drug-likeness (QED) is 0.724. The Kier molecular flexibility index (Phi) is 3.07. The molecule has 1 aliphatic rings. The maximum atomic E-state index is 4.20. The minimum absolute atomic E-state index is 0.253. The van der Waals surface area contributed by atoms with Crippen LogP contribution in [0.25, 0.3) is 0 Å². The van der Waals surface area contributed by atoms with Gasteiger partial charge in [-0.3, -0.25) is 5.01 Å². The number of hydrogen-bond acceptors (Lipinski definition) is 5. The van der Waals surface area contributed by atoms with Crippen LogP contribution in [-0.4, -0.2) is 36.1 Å². The fourth-order valence-corrected chi connectivity index (χ4v) is 1.91. The molecule has 5 nitrogen and oxygen atoms in total. The molecule has 1 aromatic heterocycles. The van der Waals surface area contributed by atoms with Crippen LogP contribution in [-0.2, 0) is 0 Å². The molecule has 16 heavy (non-hydrogen) atoms. The molecule has 0 aromatic carbocycles. The first-order valence-corrected chi connectivity index (χ1v) is 5.57. The molecule has 1 unspecified atom stereocenters. The summed E-state index contributed by atoms with van der Waals surface area (Å²) in [5.41, 5.74) is 3.68. The Morgan fingerprint density at radius 2 is 2.12 bits per heavy atom. The lowest BCUT2D eigenvalue weighted by Gasteiger charge is -2.31. The first-order chi connectivity index (χ1) is 7.59. The summed E-state index contributed by atoms with van der Waals surface area (Å²) in [5, 5.41) is 5.28. The second kappa shape index (κ2) is 4.35. The number of hydrogen-bond donors (Lipinski definition) is 2. The van der Waals surface area contributed by atoms with Gasteiger partial charge in [0.25, 0.3) is 0 Å². The number of hydrazine groups is 1. The number of nitrogens with one attached hydrogen (secondary N) is 2. The third kappa shape index (κ3) is 2.31. The van der Waals surface area contributed by atoms with Gasteiger partial charge in [-0.15, -0.1) is 0 Å². The lowest BCUT2D eigenvalue weighted by molar-refractivity contribution is 0.307. The van der Waals surface area contributed by atoms with Crippen molar-refractivity contribution in [1.29, 1.82) is 0 Å². The van der Waals surface area contributed by atoms with Gasteiger partial charge in [-0.05, 0) is 11.5 Å². The van der Waals surface area contributed by atoms with Crippen molar-refractivity contribution in [2.24, 2.45) is 5.41 Å². The van der Waals surface area contributed by atoms with E-state index in [0.717, 1.165) is 13.1 Å². The summed E-state index contributed by atoms with van der Waals surface area (Å²) < 4.78 is 0. The Labute approximate surface area is 96.2 Å². The lowest BCUT2D eigenvalue weighted by atomic mass is 9.88. The van der Waals surface area contributed by atoms with Gasteiger partial charge in [0.2, 0.25) is 5.95 Å². The molecule has 0 spiro atoms. The fraction of sp³-hybridized carbons (Fsp3) is 0.636. The summed E-state index contributed by atoms with van der Waals surface area (Å²) in [6.45, 7) is 6.52. The SMILES string of the molecule is CN(NC1CNCC1(C)C)c1ncccn1. The Morgan fingerprint density at radius 3 is 2.69 bits per heavy atom. The van der Waals surface area contributed by atoms with E-state index < -0.39 is 0 Å². The zero-order valence-corrected chi connectivity index (χ0v) is 10.1. The van der Waals surface area contributed by atoms with Gasteiger partial charge in [-0.25, -0.2) is 15.4 Å². The average molecular weight is 221 g/mol. The Morgan fingerprint density at radius 1 is 1.44 bits per heavy atom. The van der Waals surface area contributed by atoms with E-state index >= 15 is 0 Å². The maximum absolute atomic E-state index is 4.20. The van der Waals surface area contributed by atoms with Gasteiger partial charge in [0.1, 0.15) is 0 Å². The van der Waals surface area contributed by atoms with Crippen LogP contribution < -0.4 is 15.8 Å². The molecule has 1 atom stereocenters. The van der Waals surface area contributed by atoms with E-state index in [1.807, 2.05) is 18.1 Å². The monoisotopic (exact) mass is 221 g/mol. The van der Waals surface area contributed by atoms with Gasteiger partial charge in [0, 0.05) is 38.6 Å². The van der Waals surface area contributed by atoms with Crippen molar-refractivity contribution in [1.82, 2.24) is 20.7 Å². The standard InChI is InChI=1S/C11H19N5/c1-11(2)8-12-7-9(11)15-16(3)10-13-5-4-6-14-10/h4-6,9,12,15H,7-8H2,1-3H3. The van der Waals surface area contributed by atoms with Crippen molar-refractivity contribution in [3.05, 3.63) is 18.5 Å². The zero-order chi connectivity index (χ0) is 11.6. The normalized spacial score (nSPS) is 23.3. The van der Waals surface area contributed by atoms with Crippen LogP contribution in [0.4, 0.5) is 5.95 Å².